The highest BCUT2D eigenvalue weighted by Crippen LogP contribution is 2.43. The van der Waals surface area contributed by atoms with E-state index in [9.17, 15) is 28.2 Å². The van der Waals surface area contributed by atoms with Crippen LogP contribution in [0.1, 0.15) is 49.8 Å². The number of aliphatic hydroxyl groups is 1. The van der Waals surface area contributed by atoms with E-state index in [0.717, 1.165) is 12.1 Å². The number of allylic oxidation sites excluding steroid dienone is 1. The normalized spacial score (nSPS) is 15.3. The zero-order chi connectivity index (χ0) is 19.4. The number of phenolic OH excluding ortho intramolecular Hbond substituents is 1. The van der Waals surface area contributed by atoms with E-state index >= 15 is 0 Å². The highest BCUT2D eigenvalue weighted by Gasteiger charge is 2.62. The first-order valence-corrected chi connectivity index (χ1v) is 7.97. The van der Waals surface area contributed by atoms with Gasteiger partial charge in [-0.3, -0.25) is 0 Å². The van der Waals surface area contributed by atoms with E-state index < -0.39 is 23.3 Å². The maximum Gasteiger partial charge on any atom is 0.432 e. The quantitative estimate of drug-likeness (QED) is 0.571. The van der Waals surface area contributed by atoms with Gasteiger partial charge in [0.2, 0.25) is 0 Å². The molecule has 1 aromatic carbocycles. The number of hydrogen-bond donors (Lipinski definition) is 2. The van der Waals surface area contributed by atoms with E-state index in [1.54, 1.807) is 6.92 Å². The first-order chi connectivity index (χ1) is 11.5. The van der Waals surface area contributed by atoms with E-state index in [-0.39, 0.29) is 35.8 Å². The van der Waals surface area contributed by atoms with E-state index in [4.69, 9.17) is 0 Å². The highest BCUT2D eigenvalue weighted by molar-refractivity contribution is 5.82. The second kappa shape index (κ2) is 7.91. The lowest BCUT2D eigenvalue weighted by Crippen LogP contribution is -2.50. The maximum atomic E-state index is 13.6. The van der Waals surface area contributed by atoms with Gasteiger partial charge in [-0.05, 0) is 48.9 Å². The van der Waals surface area contributed by atoms with E-state index in [1.165, 1.54) is 13.0 Å². The third-order valence-corrected chi connectivity index (χ3v) is 4.12. The first kappa shape index (κ1) is 21.0. The molecule has 0 bridgehead atoms. The van der Waals surface area contributed by atoms with Gasteiger partial charge in [0.05, 0.1) is 6.61 Å². The Hall–Kier alpha value is -2.02. The number of ether oxygens (including phenoxy) is 1. The molecule has 0 amide bonds. The minimum absolute atomic E-state index is 0.0832. The van der Waals surface area contributed by atoms with Gasteiger partial charge in [-0.2, -0.15) is 13.2 Å². The van der Waals surface area contributed by atoms with Gasteiger partial charge < -0.3 is 14.9 Å². The molecular formula is C18H23F3O4. The third kappa shape index (κ3) is 3.98. The number of phenols is 1. The molecule has 7 heteroatoms. The van der Waals surface area contributed by atoms with Gasteiger partial charge >= 0.3 is 12.1 Å². The molecule has 0 aromatic heterocycles. The molecule has 0 aliphatic carbocycles. The van der Waals surface area contributed by atoms with Crippen LogP contribution < -0.4 is 0 Å². The lowest BCUT2D eigenvalue weighted by Gasteiger charge is -2.30. The largest absolute Gasteiger partial charge is 0.507 e. The van der Waals surface area contributed by atoms with Crippen molar-refractivity contribution in [1.82, 2.24) is 0 Å². The summed E-state index contributed by atoms with van der Waals surface area (Å²) in [5.41, 5.74) is -4.11. The van der Waals surface area contributed by atoms with Gasteiger partial charge in [0, 0.05) is 5.56 Å². The Morgan fingerprint density at radius 2 is 1.96 bits per heavy atom. The van der Waals surface area contributed by atoms with Crippen molar-refractivity contribution in [3.8, 4) is 5.75 Å². The van der Waals surface area contributed by atoms with Gasteiger partial charge in [0.1, 0.15) is 5.75 Å². The fourth-order valence-electron chi connectivity index (χ4n) is 2.47. The molecular weight excluding hydrogens is 337 g/mol. The van der Waals surface area contributed by atoms with Crippen molar-refractivity contribution in [2.75, 3.05) is 6.61 Å². The zero-order valence-electron chi connectivity index (χ0n) is 14.5. The Kier molecular flexibility index (Phi) is 6.65. The number of hydrogen-bond acceptors (Lipinski definition) is 4. The van der Waals surface area contributed by atoms with Crippen LogP contribution in [0.5, 0.6) is 5.75 Å². The molecule has 0 saturated carbocycles. The van der Waals surface area contributed by atoms with Crippen molar-refractivity contribution in [3.63, 3.8) is 0 Å². The summed E-state index contributed by atoms with van der Waals surface area (Å²) in [5, 5.41) is 20.6. The van der Waals surface area contributed by atoms with Crippen LogP contribution in [0.25, 0.3) is 0 Å². The average Bonchev–Trinajstić information content (AvgIpc) is 2.54. The maximum absolute atomic E-state index is 13.6. The predicted molar refractivity (Wildman–Crippen MR) is 87.3 cm³/mol. The SMILES string of the molecule is C=CCc1cc(C(O)(C(=O)OCC)C(F)(F)F)cc(C(C)CC)c1O. The molecule has 1 aromatic rings. The van der Waals surface area contributed by atoms with Crippen molar-refractivity contribution in [2.24, 2.45) is 0 Å². The zero-order valence-corrected chi connectivity index (χ0v) is 14.5. The molecule has 2 unspecified atom stereocenters. The van der Waals surface area contributed by atoms with Crippen molar-refractivity contribution < 1.29 is 32.9 Å². The third-order valence-electron chi connectivity index (χ3n) is 4.12. The molecule has 2 atom stereocenters. The number of esters is 1. The Morgan fingerprint density at radius 3 is 2.40 bits per heavy atom. The van der Waals surface area contributed by atoms with Crippen LogP contribution >= 0.6 is 0 Å². The van der Waals surface area contributed by atoms with Crippen LogP contribution in [-0.2, 0) is 21.6 Å². The summed E-state index contributed by atoms with van der Waals surface area (Å²) in [5.74, 6) is -2.23. The second-order valence-corrected chi connectivity index (χ2v) is 5.80. The molecule has 4 nitrogen and oxygen atoms in total. The number of carbonyl (C=O) groups is 1. The van der Waals surface area contributed by atoms with Crippen molar-refractivity contribution in [1.29, 1.82) is 0 Å². The Morgan fingerprint density at radius 1 is 1.36 bits per heavy atom. The molecule has 0 radical (unpaired) electrons. The molecule has 0 spiro atoms. The Labute approximate surface area is 144 Å². The monoisotopic (exact) mass is 360 g/mol. The van der Waals surface area contributed by atoms with E-state index in [2.05, 4.69) is 11.3 Å². The summed E-state index contributed by atoms with van der Waals surface area (Å²) in [6, 6.07) is 1.98. The first-order valence-electron chi connectivity index (χ1n) is 7.97. The van der Waals surface area contributed by atoms with E-state index in [0.29, 0.717) is 6.42 Å². The van der Waals surface area contributed by atoms with Crippen LogP contribution in [0.3, 0.4) is 0 Å². The fourth-order valence-corrected chi connectivity index (χ4v) is 2.47. The minimum Gasteiger partial charge on any atom is -0.507 e. The Balaban J connectivity index is 3.72. The predicted octanol–water partition coefficient (Wildman–Crippen LogP) is 3.95. The number of rotatable bonds is 7. The number of aromatic hydroxyl groups is 1. The van der Waals surface area contributed by atoms with Crippen LogP contribution in [0.15, 0.2) is 24.8 Å². The second-order valence-electron chi connectivity index (χ2n) is 5.80. The topological polar surface area (TPSA) is 66.8 Å². The molecule has 140 valence electrons. The van der Waals surface area contributed by atoms with Gasteiger partial charge in [0.15, 0.2) is 0 Å². The molecule has 0 saturated heterocycles. The number of alkyl halides is 3. The average molecular weight is 360 g/mol. The summed E-state index contributed by atoms with van der Waals surface area (Å²) >= 11 is 0. The molecule has 1 rings (SSSR count). The lowest BCUT2D eigenvalue weighted by molar-refractivity contribution is -0.267. The molecule has 0 fully saturated rings. The Bertz CT molecular complexity index is 640. The van der Waals surface area contributed by atoms with E-state index in [1.807, 2.05) is 6.92 Å². The van der Waals surface area contributed by atoms with Crippen molar-refractivity contribution >= 4 is 5.97 Å². The summed E-state index contributed by atoms with van der Waals surface area (Å²) in [6.07, 6.45) is -3.24. The number of benzene rings is 1. The van der Waals surface area contributed by atoms with Crippen LogP contribution in [0.2, 0.25) is 0 Å². The van der Waals surface area contributed by atoms with Gasteiger partial charge in [-0.25, -0.2) is 4.79 Å². The molecule has 2 N–H and O–H groups in total. The van der Waals surface area contributed by atoms with Gasteiger partial charge in [-0.15, -0.1) is 6.58 Å². The highest BCUT2D eigenvalue weighted by atomic mass is 19.4. The van der Waals surface area contributed by atoms with Crippen LogP contribution in [-0.4, -0.2) is 29.0 Å². The molecule has 0 aliphatic heterocycles. The molecule has 25 heavy (non-hydrogen) atoms. The molecule has 0 aliphatic rings. The minimum atomic E-state index is -5.28. The summed E-state index contributed by atoms with van der Waals surface area (Å²) < 4.78 is 45.1. The van der Waals surface area contributed by atoms with Gasteiger partial charge in [-0.1, -0.05) is 19.9 Å². The van der Waals surface area contributed by atoms with Gasteiger partial charge in [0.25, 0.3) is 5.60 Å². The van der Waals surface area contributed by atoms with Crippen LogP contribution in [0, 0.1) is 0 Å². The summed E-state index contributed by atoms with van der Waals surface area (Å²) in [4.78, 5) is 11.9. The summed E-state index contributed by atoms with van der Waals surface area (Å²) in [6.45, 7) is 8.08. The lowest BCUT2D eigenvalue weighted by atomic mass is 9.85. The fraction of sp³-hybridized carbons (Fsp3) is 0.500. The smallest absolute Gasteiger partial charge is 0.432 e. The number of carbonyl (C=O) groups excluding carboxylic acids is 1. The molecule has 0 heterocycles. The van der Waals surface area contributed by atoms with Crippen molar-refractivity contribution in [2.45, 2.75) is 51.3 Å². The standard InChI is InChI=1S/C18H23F3O4/c1-5-8-12-9-13(10-14(15(12)22)11(4)6-2)17(24,18(19,20)21)16(23)25-7-3/h5,9-11,22,24H,1,6-8H2,2-4H3. The summed E-state index contributed by atoms with van der Waals surface area (Å²) in [7, 11) is 0. The number of halogens is 3. The van der Waals surface area contributed by atoms with Crippen molar-refractivity contribution in [3.05, 3.63) is 41.5 Å². The van der Waals surface area contributed by atoms with Crippen LogP contribution in [0.4, 0.5) is 13.2 Å².